The van der Waals surface area contributed by atoms with Gasteiger partial charge in [-0.25, -0.2) is 0 Å². The van der Waals surface area contributed by atoms with Gasteiger partial charge in [0.05, 0.1) is 12.7 Å². The van der Waals surface area contributed by atoms with Gasteiger partial charge in [0, 0.05) is 22.2 Å². The monoisotopic (exact) mass is 535 g/mol. The molecule has 1 atom stereocenters. The van der Waals surface area contributed by atoms with Crippen LogP contribution in [0.1, 0.15) is 159 Å². The molecule has 0 saturated carbocycles. The molecule has 4 nitrogen and oxygen atoms in total. The minimum absolute atomic E-state index is 0.119. The lowest BCUT2D eigenvalue weighted by atomic mass is 9.82. The van der Waals surface area contributed by atoms with Crippen molar-refractivity contribution < 1.29 is 9.68 Å². The largest absolute Gasteiger partial charge is 0.294 e. The summed E-state index contributed by atoms with van der Waals surface area (Å²) in [6.45, 7) is 27.5. The summed E-state index contributed by atoms with van der Waals surface area (Å²) in [6, 6.07) is 0. The third-order valence-corrected chi connectivity index (χ3v) is 8.39. The molecule has 0 bridgehead atoms. The molecule has 2 rings (SSSR count). The van der Waals surface area contributed by atoms with Crippen molar-refractivity contribution in [2.24, 2.45) is 0 Å². The maximum atomic E-state index is 6.33. The first-order valence-corrected chi connectivity index (χ1v) is 15.9. The summed E-state index contributed by atoms with van der Waals surface area (Å²) in [4.78, 5) is 12.4. The Morgan fingerprint density at radius 2 is 1.16 bits per heavy atom. The molecule has 4 heteroatoms. The van der Waals surface area contributed by atoms with Crippen LogP contribution in [-0.4, -0.2) is 45.0 Å². The number of hydrogen-bond donors (Lipinski definition) is 0. The zero-order chi connectivity index (χ0) is 28.9. The number of piperidine rings is 2. The first-order chi connectivity index (χ1) is 17.7. The maximum absolute atomic E-state index is 6.33. The van der Waals surface area contributed by atoms with Gasteiger partial charge in [-0.1, -0.05) is 64.2 Å². The summed E-state index contributed by atoms with van der Waals surface area (Å²) >= 11 is 0. The van der Waals surface area contributed by atoms with Gasteiger partial charge in [0.1, 0.15) is 0 Å². The van der Waals surface area contributed by atoms with Crippen LogP contribution in [0.5, 0.6) is 0 Å². The number of rotatable bonds is 14. The number of unbranched alkanes of at least 4 members (excludes halogenated alkanes) is 5. The van der Waals surface area contributed by atoms with Crippen molar-refractivity contribution in [2.45, 2.75) is 187 Å². The summed E-state index contributed by atoms with van der Waals surface area (Å²) in [5, 5.41) is 4.49. The van der Waals surface area contributed by atoms with Crippen LogP contribution in [-0.2, 0) is 9.68 Å². The molecule has 0 N–H and O–H groups in total. The SMILES string of the molecule is C=CC(CCCCC)ON1C(C)(C)CCCC1(C)C.CCCCCC=CCON1C(C)(C)CCCC1(C)C. The van der Waals surface area contributed by atoms with E-state index >= 15 is 0 Å². The van der Waals surface area contributed by atoms with Crippen LogP contribution >= 0.6 is 0 Å². The fraction of sp³-hybridized carbons (Fsp3) is 0.882. The number of hydrogen-bond acceptors (Lipinski definition) is 4. The topological polar surface area (TPSA) is 24.9 Å². The molecular formula is C34H66N2O2. The van der Waals surface area contributed by atoms with E-state index in [1.807, 2.05) is 6.08 Å². The van der Waals surface area contributed by atoms with Crippen molar-refractivity contribution in [2.75, 3.05) is 6.61 Å². The van der Waals surface area contributed by atoms with Gasteiger partial charge in [0.2, 0.25) is 0 Å². The van der Waals surface area contributed by atoms with Gasteiger partial charge in [0.15, 0.2) is 0 Å². The van der Waals surface area contributed by atoms with E-state index in [0.29, 0.717) is 6.61 Å². The molecule has 0 spiro atoms. The minimum atomic E-state index is 0.119. The van der Waals surface area contributed by atoms with Crippen molar-refractivity contribution in [3.8, 4) is 0 Å². The molecule has 2 saturated heterocycles. The number of allylic oxidation sites excluding steroid dienone is 1. The molecule has 0 aliphatic carbocycles. The molecule has 2 aliphatic heterocycles. The van der Waals surface area contributed by atoms with E-state index < -0.39 is 0 Å². The average molecular weight is 535 g/mol. The van der Waals surface area contributed by atoms with E-state index in [0.717, 1.165) is 6.42 Å². The first kappa shape index (κ1) is 35.3. The van der Waals surface area contributed by atoms with Crippen LogP contribution < -0.4 is 0 Å². The second-order valence-corrected chi connectivity index (χ2v) is 14.2. The Morgan fingerprint density at radius 3 is 1.63 bits per heavy atom. The fourth-order valence-corrected chi connectivity index (χ4v) is 6.35. The van der Waals surface area contributed by atoms with Crippen LogP contribution in [0.4, 0.5) is 0 Å². The number of hydroxylamine groups is 4. The Balaban J connectivity index is 0.000000380. The standard InChI is InChI=1S/2C17H33NO/c1-7-9-10-12-15(8-2)19-18-16(3,4)13-11-14-17(18,5)6;1-6-7-8-9-10-11-15-19-18-16(2,3)13-12-14-17(18,4)5/h8,15H,2,7,9-14H2,1,3-6H3;10-11H,6-9,12-15H2,1-5H3. The molecule has 2 fully saturated rings. The predicted molar refractivity (Wildman–Crippen MR) is 166 cm³/mol. The van der Waals surface area contributed by atoms with Crippen LogP contribution in [0.3, 0.4) is 0 Å². The highest BCUT2D eigenvalue weighted by atomic mass is 16.7. The molecule has 1 unspecified atom stereocenters. The van der Waals surface area contributed by atoms with Gasteiger partial charge in [-0.05, 0) is 113 Å². The smallest absolute Gasteiger partial charge is 0.0972 e. The molecule has 0 aromatic heterocycles. The molecule has 2 aliphatic rings. The number of nitrogens with zero attached hydrogens (tertiary/aromatic N) is 2. The Bertz CT molecular complexity index is 648. The van der Waals surface area contributed by atoms with Crippen molar-refractivity contribution in [3.05, 3.63) is 24.8 Å². The van der Waals surface area contributed by atoms with Crippen LogP contribution in [0, 0.1) is 0 Å². The van der Waals surface area contributed by atoms with Crippen molar-refractivity contribution in [3.63, 3.8) is 0 Å². The summed E-state index contributed by atoms with van der Waals surface area (Å²) in [6.07, 6.45) is 23.9. The summed E-state index contributed by atoms with van der Waals surface area (Å²) in [5.74, 6) is 0. The second kappa shape index (κ2) is 16.6. The van der Waals surface area contributed by atoms with Crippen LogP contribution in [0.15, 0.2) is 24.8 Å². The molecule has 0 aromatic carbocycles. The van der Waals surface area contributed by atoms with Gasteiger partial charge in [-0.3, -0.25) is 9.68 Å². The lowest BCUT2D eigenvalue weighted by Crippen LogP contribution is -2.59. The summed E-state index contributed by atoms with van der Waals surface area (Å²) in [5.41, 5.74) is 0.539. The van der Waals surface area contributed by atoms with E-state index in [-0.39, 0.29) is 28.3 Å². The predicted octanol–water partition coefficient (Wildman–Crippen LogP) is 10.2. The van der Waals surface area contributed by atoms with E-state index in [1.165, 1.54) is 83.5 Å². The van der Waals surface area contributed by atoms with Crippen molar-refractivity contribution in [1.82, 2.24) is 10.1 Å². The maximum Gasteiger partial charge on any atom is 0.0972 e. The van der Waals surface area contributed by atoms with Crippen LogP contribution in [0.2, 0.25) is 0 Å². The molecule has 2 heterocycles. The van der Waals surface area contributed by atoms with Gasteiger partial charge < -0.3 is 0 Å². The van der Waals surface area contributed by atoms with Gasteiger partial charge in [0.25, 0.3) is 0 Å². The van der Waals surface area contributed by atoms with Gasteiger partial charge >= 0.3 is 0 Å². The Hall–Kier alpha value is -0.680. The molecule has 38 heavy (non-hydrogen) atoms. The van der Waals surface area contributed by atoms with E-state index in [4.69, 9.17) is 9.68 Å². The lowest BCUT2D eigenvalue weighted by molar-refractivity contribution is -0.297. The molecule has 0 radical (unpaired) electrons. The summed E-state index contributed by atoms with van der Waals surface area (Å²) in [7, 11) is 0. The lowest BCUT2D eigenvalue weighted by Gasteiger charge is -2.52. The van der Waals surface area contributed by atoms with E-state index in [1.54, 1.807) is 0 Å². The van der Waals surface area contributed by atoms with Gasteiger partial charge in [-0.15, -0.1) is 6.58 Å². The van der Waals surface area contributed by atoms with E-state index in [9.17, 15) is 0 Å². The Labute approximate surface area is 238 Å². The fourth-order valence-electron chi connectivity index (χ4n) is 6.35. The molecular weight excluding hydrogens is 468 g/mol. The Morgan fingerprint density at radius 1 is 0.684 bits per heavy atom. The normalized spacial score (nSPS) is 23.5. The second-order valence-electron chi connectivity index (χ2n) is 14.2. The molecule has 0 amide bonds. The highest BCUT2D eigenvalue weighted by Crippen LogP contribution is 2.39. The quantitative estimate of drug-likeness (QED) is 0.163. The first-order valence-electron chi connectivity index (χ1n) is 15.9. The third-order valence-electron chi connectivity index (χ3n) is 8.39. The third kappa shape index (κ3) is 11.8. The zero-order valence-corrected chi connectivity index (χ0v) is 27.3. The average Bonchev–Trinajstić information content (AvgIpc) is 2.81. The highest BCUT2D eigenvalue weighted by molar-refractivity contribution is 4.95. The highest BCUT2D eigenvalue weighted by Gasteiger charge is 2.43. The van der Waals surface area contributed by atoms with Crippen LogP contribution in [0.25, 0.3) is 0 Å². The molecule has 0 aromatic rings. The Kier molecular flexibility index (Phi) is 15.4. The molecule has 224 valence electrons. The van der Waals surface area contributed by atoms with Gasteiger partial charge in [-0.2, -0.15) is 10.1 Å². The zero-order valence-electron chi connectivity index (χ0n) is 27.3. The minimum Gasteiger partial charge on any atom is -0.294 e. The summed E-state index contributed by atoms with van der Waals surface area (Å²) < 4.78 is 0. The van der Waals surface area contributed by atoms with Crippen molar-refractivity contribution >= 4 is 0 Å². The van der Waals surface area contributed by atoms with E-state index in [2.05, 4.69) is 98.1 Å². The van der Waals surface area contributed by atoms with Crippen molar-refractivity contribution in [1.29, 1.82) is 0 Å².